The molecule has 3 atom stereocenters. The van der Waals surface area contributed by atoms with Crippen LogP contribution < -0.4 is 11.2 Å². The SMILES string of the molecule is Cn1c(=O)c(/C=C/Br)cn([C@@H]2CC(O)[C@H](CO)O2)c1=O. The summed E-state index contributed by atoms with van der Waals surface area (Å²) in [5.41, 5.74) is -0.633. The van der Waals surface area contributed by atoms with E-state index in [0.29, 0.717) is 5.56 Å². The molecule has 110 valence electrons. The normalized spacial score (nSPS) is 26.5. The molecule has 0 aromatic carbocycles. The minimum Gasteiger partial charge on any atom is -0.394 e. The molecule has 0 saturated carbocycles. The number of ether oxygens (including phenoxy) is 1. The lowest BCUT2D eigenvalue weighted by Gasteiger charge is -2.16. The highest BCUT2D eigenvalue weighted by Crippen LogP contribution is 2.27. The van der Waals surface area contributed by atoms with Gasteiger partial charge in [-0.05, 0) is 11.1 Å². The predicted octanol–water partition coefficient (Wildman–Crippen LogP) is -0.447. The zero-order valence-corrected chi connectivity index (χ0v) is 12.4. The quantitative estimate of drug-likeness (QED) is 0.773. The van der Waals surface area contributed by atoms with Crippen molar-refractivity contribution in [3.63, 3.8) is 0 Å². The molecule has 0 amide bonds. The largest absolute Gasteiger partial charge is 0.394 e. The Balaban J connectivity index is 2.48. The zero-order valence-electron chi connectivity index (χ0n) is 10.8. The van der Waals surface area contributed by atoms with Crippen LogP contribution in [0.1, 0.15) is 18.2 Å². The molecule has 8 heteroatoms. The van der Waals surface area contributed by atoms with E-state index in [9.17, 15) is 14.7 Å². The number of hydrogen-bond acceptors (Lipinski definition) is 5. The van der Waals surface area contributed by atoms with Gasteiger partial charge in [-0.15, -0.1) is 0 Å². The van der Waals surface area contributed by atoms with Gasteiger partial charge in [-0.3, -0.25) is 13.9 Å². The monoisotopic (exact) mass is 346 g/mol. The van der Waals surface area contributed by atoms with E-state index in [-0.39, 0.29) is 13.0 Å². The summed E-state index contributed by atoms with van der Waals surface area (Å²) in [5.74, 6) is 0. The Morgan fingerprint density at radius 2 is 2.25 bits per heavy atom. The topological polar surface area (TPSA) is 93.7 Å². The van der Waals surface area contributed by atoms with E-state index < -0.39 is 29.7 Å². The summed E-state index contributed by atoms with van der Waals surface area (Å²) in [4.78, 5) is 25.5. The van der Waals surface area contributed by atoms with Gasteiger partial charge in [0.05, 0.1) is 18.3 Å². The fraction of sp³-hybridized carbons (Fsp3) is 0.500. The van der Waals surface area contributed by atoms with Gasteiger partial charge in [-0.25, -0.2) is 4.79 Å². The van der Waals surface area contributed by atoms with Gasteiger partial charge in [0.25, 0.3) is 5.56 Å². The van der Waals surface area contributed by atoms with Crippen LogP contribution in [-0.2, 0) is 11.8 Å². The van der Waals surface area contributed by atoms with Crippen LogP contribution in [-0.4, -0.2) is 38.2 Å². The fourth-order valence-corrected chi connectivity index (χ4v) is 2.44. The van der Waals surface area contributed by atoms with Gasteiger partial charge in [0.15, 0.2) is 0 Å². The first-order valence-electron chi connectivity index (χ1n) is 6.03. The van der Waals surface area contributed by atoms with Crippen LogP contribution in [0.3, 0.4) is 0 Å². The van der Waals surface area contributed by atoms with Crippen LogP contribution >= 0.6 is 15.9 Å². The summed E-state index contributed by atoms with van der Waals surface area (Å²) in [5, 5.41) is 18.8. The van der Waals surface area contributed by atoms with Crippen LogP contribution in [0.4, 0.5) is 0 Å². The Hall–Kier alpha value is -1.22. The molecule has 2 rings (SSSR count). The van der Waals surface area contributed by atoms with Crippen LogP contribution in [0.2, 0.25) is 0 Å². The molecule has 0 aliphatic carbocycles. The van der Waals surface area contributed by atoms with Crippen molar-refractivity contribution in [1.82, 2.24) is 9.13 Å². The highest BCUT2D eigenvalue weighted by molar-refractivity contribution is 9.11. The summed E-state index contributed by atoms with van der Waals surface area (Å²) in [6.07, 6.45) is 0.820. The highest BCUT2D eigenvalue weighted by Gasteiger charge is 2.35. The number of aliphatic hydroxyl groups excluding tert-OH is 2. The van der Waals surface area contributed by atoms with Crippen molar-refractivity contribution in [2.75, 3.05) is 6.61 Å². The van der Waals surface area contributed by atoms with Gasteiger partial charge < -0.3 is 14.9 Å². The van der Waals surface area contributed by atoms with Crippen LogP contribution in [0.15, 0.2) is 20.8 Å². The average molecular weight is 347 g/mol. The predicted molar refractivity (Wildman–Crippen MR) is 75.5 cm³/mol. The first-order chi connectivity index (χ1) is 9.49. The van der Waals surface area contributed by atoms with Gasteiger partial charge in [-0.2, -0.15) is 0 Å². The molecule has 1 aliphatic heterocycles. The number of aliphatic hydroxyl groups is 2. The van der Waals surface area contributed by atoms with Crippen molar-refractivity contribution >= 4 is 22.0 Å². The fourth-order valence-electron chi connectivity index (χ4n) is 2.15. The number of halogens is 1. The number of rotatable bonds is 3. The van der Waals surface area contributed by atoms with Crippen molar-refractivity contribution in [2.24, 2.45) is 7.05 Å². The molecule has 7 nitrogen and oxygen atoms in total. The van der Waals surface area contributed by atoms with E-state index in [1.807, 2.05) is 0 Å². The first-order valence-corrected chi connectivity index (χ1v) is 6.94. The van der Waals surface area contributed by atoms with E-state index >= 15 is 0 Å². The Morgan fingerprint density at radius 1 is 1.55 bits per heavy atom. The van der Waals surface area contributed by atoms with E-state index in [1.165, 1.54) is 28.9 Å². The molecule has 1 aromatic heterocycles. The maximum Gasteiger partial charge on any atom is 0.332 e. The third-order valence-corrected chi connectivity index (χ3v) is 3.54. The molecular weight excluding hydrogens is 332 g/mol. The zero-order chi connectivity index (χ0) is 14.9. The lowest BCUT2D eigenvalue weighted by molar-refractivity contribution is -0.0462. The summed E-state index contributed by atoms with van der Waals surface area (Å²) in [6, 6.07) is 0. The molecule has 0 spiro atoms. The van der Waals surface area contributed by atoms with Gasteiger partial charge in [0.1, 0.15) is 12.3 Å². The molecule has 0 bridgehead atoms. The number of aromatic nitrogens is 2. The number of hydrogen-bond donors (Lipinski definition) is 2. The molecule has 1 fully saturated rings. The van der Waals surface area contributed by atoms with Gasteiger partial charge in [-0.1, -0.05) is 15.9 Å². The lowest BCUT2D eigenvalue weighted by atomic mass is 10.2. The third kappa shape index (κ3) is 2.64. The minimum absolute atomic E-state index is 0.181. The van der Waals surface area contributed by atoms with Crippen molar-refractivity contribution in [1.29, 1.82) is 0 Å². The van der Waals surface area contributed by atoms with E-state index in [4.69, 9.17) is 9.84 Å². The van der Waals surface area contributed by atoms with Crippen molar-refractivity contribution in [2.45, 2.75) is 24.9 Å². The molecule has 1 unspecified atom stereocenters. The van der Waals surface area contributed by atoms with Gasteiger partial charge in [0, 0.05) is 19.7 Å². The molecule has 2 N–H and O–H groups in total. The molecule has 1 saturated heterocycles. The number of nitrogens with zero attached hydrogens (tertiary/aromatic N) is 2. The van der Waals surface area contributed by atoms with E-state index in [1.54, 1.807) is 0 Å². The Bertz CT molecular complexity index is 636. The van der Waals surface area contributed by atoms with E-state index in [0.717, 1.165) is 4.57 Å². The lowest BCUT2D eigenvalue weighted by Crippen LogP contribution is -2.40. The first kappa shape index (κ1) is 15.2. The van der Waals surface area contributed by atoms with Gasteiger partial charge >= 0.3 is 5.69 Å². The summed E-state index contributed by atoms with van der Waals surface area (Å²) >= 11 is 3.08. The third-order valence-electron chi connectivity index (χ3n) is 3.27. The second-order valence-electron chi connectivity index (χ2n) is 4.55. The van der Waals surface area contributed by atoms with E-state index in [2.05, 4.69) is 15.9 Å². The van der Waals surface area contributed by atoms with Crippen molar-refractivity contribution in [3.05, 3.63) is 37.6 Å². The Morgan fingerprint density at radius 3 is 2.80 bits per heavy atom. The molecule has 20 heavy (non-hydrogen) atoms. The maximum atomic E-state index is 12.1. The van der Waals surface area contributed by atoms with Crippen LogP contribution in [0, 0.1) is 0 Å². The standard InChI is InChI=1S/C12H15BrN2O5/c1-14-11(18)7(2-3-13)5-15(12(14)19)10-4-8(17)9(6-16)20-10/h2-3,5,8-10,16-17H,4,6H2,1H3/b3-2+/t8?,9-,10-/m0/s1. The summed E-state index contributed by atoms with van der Waals surface area (Å²) in [6.45, 7) is -0.327. The molecule has 1 aromatic rings. The van der Waals surface area contributed by atoms with Crippen LogP contribution in [0.5, 0.6) is 0 Å². The van der Waals surface area contributed by atoms with Crippen molar-refractivity contribution in [3.8, 4) is 0 Å². The van der Waals surface area contributed by atoms with Crippen molar-refractivity contribution < 1.29 is 14.9 Å². The summed E-state index contributed by atoms with van der Waals surface area (Å²) < 4.78 is 7.66. The average Bonchev–Trinajstić information content (AvgIpc) is 2.80. The second kappa shape index (κ2) is 6.04. The minimum atomic E-state index is -0.843. The second-order valence-corrected chi connectivity index (χ2v) is 5.07. The highest BCUT2D eigenvalue weighted by atomic mass is 79.9. The Kier molecular flexibility index (Phi) is 4.59. The van der Waals surface area contributed by atoms with Gasteiger partial charge in [0.2, 0.25) is 0 Å². The van der Waals surface area contributed by atoms with Crippen LogP contribution in [0.25, 0.3) is 6.08 Å². The molecular formula is C12H15BrN2O5. The maximum absolute atomic E-state index is 12.1. The smallest absolute Gasteiger partial charge is 0.332 e. The Labute approximate surface area is 122 Å². The molecule has 1 aliphatic rings. The summed E-state index contributed by atoms with van der Waals surface area (Å²) in [7, 11) is 1.38. The molecule has 2 heterocycles. The molecule has 0 radical (unpaired) electrons.